The highest BCUT2D eigenvalue weighted by atomic mass is 16.5. The van der Waals surface area contributed by atoms with Crippen LogP contribution in [-0.2, 0) is 32.1 Å². The summed E-state index contributed by atoms with van der Waals surface area (Å²) in [5.74, 6) is -4.56. The molecule has 0 radical (unpaired) electrons. The maximum atomic E-state index is 14.0. The number of nitrogens with zero attached hydrogens (tertiary/aromatic N) is 2. The average Bonchev–Trinajstić information content (AvgIpc) is 3.51. The monoisotopic (exact) mass is 650 g/mol. The van der Waals surface area contributed by atoms with Crippen LogP contribution in [0.3, 0.4) is 0 Å². The standard InChI is InChI=1S/C38H38N2O8/c1-24(40(35(41)21-30(37(44)45)22-36(42)43)23-25-14-15-26-8-3-4-9-29(26)20-25)31(27-16-18-28(19-17-27)38(46)47-2)10-7-13-34-39-32-11-5-6-12-33(32)48-34/h3-6,8-9,11-12,14-20,24,30-31H,7,10,13,21-23H2,1-2H3,(H,42,43)(H,44,45)/t24-,30+,31+/m1/s1. The van der Waals surface area contributed by atoms with Crippen LogP contribution in [0.4, 0.5) is 0 Å². The van der Waals surface area contributed by atoms with Gasteiger partial charge in [-0.05, 0) is 72.0 Å². The molecule has 0 aliphatic rings. The van der Waals surface area contributed by atoms with E-state index in [2.05, 4.69) is 4.98 Å². The van der Waals surface area contributed by atoms with Crippen molar-refractivity contribution in [3.63, 3.8) is 0 Å². The lowest BCUT2D eigenvalue weighted by molar-refractivity contribution is -0.151. The summed E-state index contributed by atoms with van der Waals surface area (Å²) in [6.07, 6.45) is 0.695. The minimum Gasteiger partial charge on any atom is -0.481 e. The smallest absolute Gasteiger partial charge is 0.337 e. The van der Waals surface area contributed by atoms with Gasteiger partial charge in [0.15, 0.2) is 11.5 Å². The number of aryl methyl sites for hydroxylation is 1. The van der Waals surface area contributed by atoms with Crippen molar-refractivity contribution in [1.82, 2.24) is 9.88 Å². The van der Waals surface area contributed by atoms with Crippen molar-refractivity contribution in [3.05, 3.63) is 114 Å². The number of oxazole rings is 1. The fraction of sp³-hybridized carbons (Fsp3) is 0.289. The Bertz CT molecular complexity index is 1880. The van der Waals surface area contributed by atoms with Gasteiger partial charge in [0.25, 0.3) is 0 Å². The van der Waals surface area contributed by atoms with Gasteiger partial charge < -0.3 is 24.3 Å². The molecule has 0 aliphatic carbocycles. The van der Waals surface area contributed by atoms with E-state index in [1.807, 2.05) is 85.8 Å². The summed E-state index contributed by atoms with van der Waals surface area (Å²) >= 11 is 0. The second kappa shape index (κ2) is 15.4. The van der Waals surface area contributed by atoms with Gasteiger partial charge >= 0.3 is 17.9 Å². The first-order chi connectivity index (χ1) is 23.1. The number of carbonyl (C=O) groups excluding carboxylic acids is 2. The molecule has 0 spiro atoms. The molecule has 0 aliphatic heterocycles. The number of methoxy groups -OCH3 is 1. The van der Waals surface area contributed by atoms with Crippen LogP contribution in [0.1, 0.15) is 65.9 Å². The first kappa shape index (κ1) is 33.8. The van der Waals surface area contributed by atoms with Crippen LogP contribution in [0.5, 0.6) is 0 Å². The molecule has 0 saturated carbocycles. The number of ether oxygens (including phenoxy) is 1. The lowest BCUT2D eigenvalue weighted by Crippen LogP contribution is -2.43. The Balaban J connectivity index is 1.47. The first-order valence-corrected chi connectivity index (χ1v) is 15.9. The van der Waals surface area contributed by atoms with Gasteiger partial charge in [0, 0.05) is 31.3 Å². The third-order valence-electron chi connectivity index (χ3n) is 8.76. The lowest BCUT2D eigenvalue weighted by atomic mass is 9.85. The number of carboxylic acids is 2. The number of rotatable bonds is 15. The van der Waals surface area contributed by atoms with Crippen molar-refractivity contribution in [2.75, 3.05) is 7.11 Å². The van der Waals surface area contributed by atoms with E-state index >= 15 is 0 Å². The van der Waals surface area contributed by atoms with Gasteiger partial charge in [-0.25, -0.2) is 9.78 Å². The van der Waals surface area contributed by atoms with Gasteiger partial charge in [0.2, 0.25) is 5.91 Å². The Labute approximate surface area is 278 Å². The highest BCUT2D eigenvalue weighted by Crippen LogP contribution is 2.32. The topological polar surface area (TPSA) is 147 Å². The summed E-state index contributed by atoms with van der Waals surface area (Å²) in [7, 11) is 1.32. The number of hydrogen-bond acceptors (Lipinski definition) is 7. The minimum absolute atomic E-state index is 0.187. The number of aromatic nitrogens is 1. The highest BCUT2D eigenvalue weighted by Gasteiger charge is 2.32. The molecule has 1 heterocycles. The number of fused-ring (bicyclic) bond motifs is 2. The van der Waals surface area contributed by atoms with Gasteiger partial charge in [0.05, 0.1) is 25.0 Å². The van der Waals surface area contributed by atoms with Crippen LogP contribution in [0.25, 0.3) is 21.9 Å². The molecule has 3 atom stereocenters. The van der Waals surface area contributed by atoms with Crippen LogP contribution in [0.2, 0.25) is 0 Å². The largest absolute Gasteiger partial charge is 0.481 e. The molecule has 1 amide bonds. The van der Waals surface area contributed by atoms with Crippen LogP contribution >= 0.6 is 0 Å². The van der Waals surface area contributed by atoms with Crippen LogP contribution in [0, 0.1) is 5.92 Å². The molecule has 0 fully saturated rings. The van der Waals surface area contributed by atoms with E-state index in [0.717, 1.165) is 27.4 Å². The van der Waals surface area contributed by atoms with Gasteiger partial charge in [-0.2, -0.15) is 0 Å². The molecule has 1 aromatic heterocycles. The Hall–Kier alpha value is -5.51. The van der Waals surface area contributed by atoms with Crippen molar-refractivity contribution in [2.45, 2.75) is 57.5 Å². The normalized spacial score (nSPS) is 13.1. The number of esters is 1. The molecular weight excluding hydrogens is 612 g/mol. The number of carboxylic acid groups (broad SMARTS) is 2. The molecule has 248 valence electrons. The maximum Gasteiger partial charge on any atom is 0.337 e. The fourth-order valence-corrected chi connectivity index (χ4v) is 6.17. The second-order valence-electron chi connectivity index (χ2n) is 12.0. The maximum absolute atomic E-state index is 14.0. The zero-order valence-corrected chi connectivity index (χ0v) is 26.9. The number of carbonyl (C=O) groups is 4. The molecule has 48 heavy (non-hydrogen) atoms. The van der Waals surface area contributed by atoms with Crippen molar-refractivity contribution in [1.29, 1.82) is 0 Å². The quantitative estimate of drug-likeness (QED) is 0.116. The fourth-order valence-electron chi connectivity index (χ4n) is 6.17. The minimum atomic E-state index is -1.38. The lowest BCUT2D eigenvalue weighted by Gasteiger charge is -2.36. The van der Waals surface area contributed by atoms with Crippen LogP contribution < -0.4 is 0 Å². The van der Waals surface area contributed by atoms with Gasteiger partial charge in [-0.3, -0.25) is 14.4 Å². The van der Waals surface area contributed by atoms with Gasteiger partial charge in [0.1, 0.15) is 5.52 Å². The molecule has 0 bridgehead atoms. The van der Waals surface area contributed by atoms with Crippen LogP contribution in [0.15, 0.2) is 95.4 Å². The molecule has 5 aromatic rings. The molecular formula is C38H38N2O8. The average molecular weight is 651 g/mol. The number of para-hydroxylation sites is 2. The molecule has 2 N–H and O–H groups in total. The third kappa shape index (κ3) is 8.25. The van der Waals surface area contributed by atoms with E-state index in [1.165, 1.54) is 7.11 Å². The van der Waals surface area contributed by atoms with Crippen molar-refractivity contribution in [2.24, 2.45) is 5.92 Å². The summed E-state index contributed by atoms with van der Waals surface area (Å²) in [6, 6.07) is 27.9. The summed E-state index contributed by atoms with van der Waals surface area (Å²) in [5, 5.41) is 21.2. The molecule has 4 aromatic carbocycles. The van der Waals surface area contributed by atoms with E-state index in [9.17, 15) is 29.4 Å². The first-order valence-electron chi connectivity index (χ1n) is 15.9. The van der Waals surface area contributed by atoms with E-state index in [0.29, 0.717) is 36.3 Å². The second-order valence-corrected chi connectivity index (χ2v) is 12.0. The van der Waals surface area contributed by atoms with Crippen molar-refractivity contribution < 1.29 is 38.5 Å². The van der Waals surface area contributed by atoms with E-state index in [4.69, 9.17) is 9.15 Å². The van der Waals surface area contributed by atoms with Gasteiger partial charge in [-0.15, -0.1) is 0 Å². The van der Waals surface area contributed by atoms with Crippen LogP contribution in [-0.4, -0.2) is 57.1 Å². The van der Waals surface area contributed by atoms with E-state index in [-0.39, 0.29) is 12.5 Å². The molecule has 10 nitrogen and oxygen atoms in total. The Morgan fingerprint density at radius 1 is 0.875 bits per heavy atom. The summed E-state index contributed by atoms with van der Waals surface area (Å²) in [6.45, 7) is 2.11. The number of aliphatic carboxylic acids is 2. The van der Waals surface area contributed by atoms with Crippen molar-refractivity contribution >= 4 is 45.7 Å². The molecule has 10 heteroatoms. The van der Waals surface area contributed by atoms with E-state index < -0.39 is 48.6 Å². The number of benzene rings is 4. The molecule has 0 saturated heterocycles. The summed E-state index contributed by atoms with van der Waals surface area (Å²) in [5.41, 5.74) is 3.60. The Kier molecular flexibility index (Phi) is 10.8. The van der Waals surface area contributed by atoms with Gasteiger partial charge in [-0.1, -0.05) is 60.7 Å². The highest BCUT2D eigenvalue weighted by molar-refractivity contribution is 5.89. The SMILES string of the molecule is COC(=O)c1ccc([C@@H](CCCc2nc3ccccc3o2)[C@@H](C)N(Cc2ccc3ccccc3c2)C(=O)C[C@@H](CC(=O)O)C(=O)O)cc1. The van der Waals surface area contributed by atoms with Crippen molar-refractivity contribution in [3.8, 4) is 0 Å². The molecule has 5 rings (SSSR count). The predicted molar refractivity (Wildman–Crippen MR) is 179 cm³/mol. The third-order valence-corrected chi connectivity index (χ3v) is 8.76. The zero-order chi connectivity index (χ0) is 34.2. The summed E-state index contributed by atoms with van der Waals surface area (Å²) in [4.78, 5) is 55.9. The zero-order valence-electron chi connectivity index (χ0n) is 26.9. The molecule has 0 unspecified atom stereocenters. The Morgan fingerprint density at radius 3 is 2.27 bits per heavy atom. The number of amides is 1. The Morgan fingerprint density at radius 2 is 1.58 bits per heavy atom. The summed E-state index contributed by atoms with van der Waals surface area (Å²) < 4.78 is 10.8. The predicted octanol–water partition coefficient (Wildman–Crippen LogP) is 6.86. The number of hydrogen-bond donors (Lipinski definition) is 2. The van der Waals surface area contributed by atoms with E-state index in [1.54, 1.807) is 17.0 Å².